The third-order valence-electron chi connectivity index (χ3n) is 4.02. The quantitative estimate of drug-likeness (QED) is 0.681. The Hall–Kier alpha value is -1.78. The van der Waals surface area contributed by atoms with E-state index in [9.17, 15) is 18.4 Å². The highest BCUT2D eigenvalue weighted by molar-refractivity contribution is 5.99. The standard InChI is InChI=1S/C19H27F2NO2/c1-6-8-9-12(7-2)17(23)13-10-14(20)16(15(21)11-13)22-18(24)19(3,4)5/h10-12H,6-9H2,1-5H3,(H,22,24). The van der Waals surface area contributed by atoms with Gasteiger partial charge in [-0.25, -0.2) is 8.78 Å². The SMILES string of the molecule is CCCCC(CC)C(=O)c1cc(F)c(NC(=O)C(C)(C)C)c(F)c1. The third kappa shape index (κ3) is 5.11. The molecule has 1 atom stereocenters. The smallest absolute Gasteiger partial charge is 0.229 e. The first kappa shape index (κ1) is 20.3. The van der Waals surface area contributed by atoms with Gasteiger partial charge in [-0.3, -0.25) is 9.59 Å². The molecule has 0 aliphatic heterocycles. The summed E-state index contributed by atoms with van der Waals surface area (Å²) >= 11 is 0. The first-order chi connectivity index (χ1) is 11.1. The number of Topliss-reactive ketones (excluding diaryl/α,β-unsaturated/α-hetero) is 1. The summed E-state index contributed by atoms with van der Waals surface area (Å²) in [6.07, 6.45) is 3.20. The van der Waals surface area contributed by atoms with Crippen LogP contribution in [0.1, 0.15) is 70.7 Å². The summed E-state index contributed by atoms with van der Waals surface area (Å²) in [5, 5.41) is 2.26. The van der Waals surface area contributed by atoms with Crippen LogP contribution in [-0.2, 0) is 4.79 Å². The Labute approximate surface area is 142 Å². The Balaban J connectivity index is 3.06. The summed E-state index contributed by atoms with van der Waals surface area (Å²) < 4.78 is 28.5. The van der Waals surface area contributed by atoms with Crippen molar-refractivity contribution >= 4 is 17.4 Å². The fourth-order valence-corrected chi connectivity index (χ4v) is 2.34. The molecule has 5 heteroatoms. The molecule has 1 aromatic carbocycles. The molecule has 0 spiro atoms. The number of benzene rings is 1. The van der Waals surface area contributed by atoms with Crippen molar-refractivity contribution in [1.29, 1.82) is 0 Å². The zero-order valence-corrected chi connectivity index (χ0v) is 15.1. The molecule has 1 unspecified atom stereocenters. The van der Waals surface area contributed by atoms with E-state index in [1.165, 1.54) is 0 Å². The summed E-state index contributed by atoms with van der Waals surface area (Å²) in [6, 6.07) is 2.02. The lowest BCUT2D eigenvalue weighted by Crippen LogP contribution is -2.28. The number of amides is 1. The minimum absolute atomic E-state index is 0.0155. The van der Waals surface area contributed by atoms with Gasteiger partial charge in [-0.1, -0.05) is 47.5 Å². The topological polar surface area (TPSA) is 46.2 Å². The van der Waals surface area contributed by atoms with Gasteiger partial charge in [0.15, 0.2) is 5.78 Å². The number of hydrogen-bond donors (Lipinski definition) is 1. The number of halogens is 2. The van der Waals surface area contributed by atoms with E-state index >= 15 is 0 Å². The van der Waals surface area contributed by atoms with Crippen molar-refractivity contribution < 1.29 is 18.4 Å². The zero-order valence-electron chi connectivity index (χ0n) is 15.1. The molecule has 0 aliphatic carbocycles. The lowest BCUT2D eigenvalue weighted by Gasteiger charge is -2.19. The van der Waals surface area contributed by atoms with Crippen molar-refractivity contribution in [2.75, 3.05) is 5.32 Å². The second-order valence-corrected chi connectivity index (χ2v) is 7.13. The monoisotopic (exact) mass is 339 g/mol. The number of rotatable bonds is 7. The molecule has 0 aliphatic rings. The Morgan fingerprint density at radius 1 is 1.12 bits per heavy atom. The zero-order chi connectivity index (χ0) is 18.5. The molecule has 0 saturated heterocycles. The van der Waals surface area contributed by atoms with Crippen LogP contribution in [0.2, 0.25) is 0 Å². The molecule has 1 aromatic rings. The Bertz CT molecular complexity index is 583. The molecule has 0 heterocycles. The number of ketones is 1. The normalized spacial score (nSPS) is 12.8. The van der Waals surface area contributed by atoms with E-state index in [1.807, 2.05) is 13.8 Å². The molecule has 0 bridgehead atoms. The van der Waals surface area contributed by atoms with Gasteiger partial charge >= 0.3 is 0 Å². The molecule has 3 nitrogen and oxygen atoms in total. The minimum atomic E-state index is -0.929. The number of carbonyl (C=O) groups is 2. The van der Waals surface area contributed by atoms with E-state index in [2.05, 4.69) is 5.32 Å². The molecule has 1 rings (SSSR count). The second-order valence-electron chi connectivity index (χ2n) is 7.13. The number of carbonyl (C=O) groups excluding carboxylic acids is 2. The van der Waals surface area contributed by atoms with Gasteiger partial charge in [-0.05, 0) is 25.0 Å². The highest BCUT2D eigenvalue weighted by Crippen LogP contribution is 2.26. The van der Waals surface area contributed by atoms with Crippen LogP contribution in [0, 0.1) is 23.0 Å². The van der Waals surface area contributed by atoms with E-state index in [-0.39, 0.29) is 17.3 Å². The van der Waals surface area contributed by atoms with Gasteiger partial charge in [0, 0.05) is 16.9 Å². The first-order valence-corrected chi connectivity index (χ1v) is 8.46. The fourth-order valence-electron chi connectivity index (χ4n) is 2.34. The summed E-state index contributed by atoms with van der Waals surface area (Å²) in [6.45, 7) is 8.87. The molecule has 0 aromatic heterocycles. The van der Waals surface area contributed by atoms with Gasteiger partial charge in [0.1, 0.15) is 17.3 Å². The van der Waals surface area contributed by atoms with Crippen LogP contribution < -0.4 is 5.32 Å². The van der Waals surface area contributed by atoms with Gasteiger partial charge in [-0.15, -0.1) is 0 Å². The van der Waals surface area contributed by atoms with Gasteiger partial charge in [0.25, 0.3) is 0 Å². The average Bonchev–Trinajstić information content (AvgIpc) is 2.49. The molecule has 0 saturated carbocycles. The van der Waals surface area contributed by atoms with Crippen LogP contribution >= 0.6 is 0 Å². The van der Waals surface area contributed by atoms with E-state index < -0.39 is 28.6 Å². The second kappa shape index (κ2) is 8.36. The van der Waals surface area contributed by atoms with Gasteiger partial charge in [0.2, 0.25) is 5.91 Å². The van der Waals surface area contributed by atoms with Gasteiger partial charge in [0.05, 0.1) is 0 Å². The third-order valence-corrected chi connectivity index (χ3v) is 4.02. The summed E-state index contributed by atoms with van der Waals surface area (Å²) in [5.74, 6) is -2.84. The van der Waals surface area contributed by atoms with Crippen LogP contribution in [0.4, 0.5) is 14.5 Å². The molecule has 1 amide bonds. The lowest BCUT2D eigenvalue weighted by molar-refractivity contribution is -0.123. The van der Waals surface area contributed by atoms with Crippen molar-refractivity contribution in [3.63, 3.8) is 0 Å². The van der Waals surface area contributed by atoms with E-state index in [1.54, 1.807) is 20.8 Å². The summed E-state index contributed by atoms with van der Waals surface area (Å²) in [7, 11) is 0. The number of nitrogens with one attached hydrogen (secondary N) is 1. The maximum atomic E-state index is 14.2. The predicted molar refractivity (Wildman–Crippen MR) is 92.1 cm³/mol. The van der Waals surface area contributed by atoms with Crippen LogP contribution in [0.25, 0.3) is 0 Å². The largest absolute Gasteiger partial charge is 0.321 e. The minimum Gasteiger partial charge on any atom is -0.321 e. The molecule has 0 radical (unpaired) electrons. The Morgan fingerprint density at radius 3 is 2.08 bits per heavy atom. The number of unbranched alkanes of at least 4 members (excludes halogenated alkanes) is 1. The molecular formula is C19H27F2NO2. The van der Waals surface area contributed by atoms with Crippen molar-refractivity contribution in [3.8, 4) is 0 Å². The van der Waals surface area contributed by atoms with E-state index in [4.69, 9.17) is 0 Å². The van der Waals surface area contributed by atoms with Crippen LogP contribution in [-0.4, -0.2) is 11.7 Å². The number of anilines is 1. The van der Waals surface area contributed by atoms with E-state index in [0.717, 1.165) is 25.0 Å². The fraction of sp³-hybridized carbons (Fsp3) is 0.579. The van der Waals surface area contributed by atoms with Crippen LogP contribution in [0.3, 0.4) is 0 Å². The molecular weight excluding hydrogens is 312 g/mol. The van der Waals surface area contributed by atoms with Crippen molar-refractivity contribution in [2.24, 2.45) is 11.3 Å². The first-order valence-electron chi connectivity index (χ1n) is 8.46. The molecule has 1 N–H and O–H groups in total. The molecule has 0 fully saturated rings. The summed E-state index contributed by atoms with van der Waals surface area (Å²) in [5.41, 5.74) is -1.27. The highest BCUT2D eigenvalue weighted by Gasteiger charge is 2.26. The van der Waals surface area contributed by atoms with Crippen LogP contribution in [0.5, 0.6) is 0 Å². The van der Waals surface area contributed by atoms with Gasteiger partial charge < -0.3 is 5.32 Å². The average molecular weight is 339 g/mol. The van der Waals surface area contributed by atoms with E-state index in [0.29, 0.717) is 12.8 Å². The Morgan fingerprint density at radius 2 is 1.67 bits per heavy atom. The van der Waals surface area contributed by atoms with Crippen molar-refractivity contribution in [3.05, 3.63) is 29.3 Å². The molecule has 24 heavy (non-hydrogen) atoms. The maximum Gasteiger partial charge on any atom is 0.229 e. The predicted octanol–water partition coefficient (Wildman–Crippen LogP) is 5.35. The highest BCUT2D eigenvalue weighted by atomic mass is 19.1. The lowest BCUT2D eigenvalue weighted by atomic mass is 9.90. The number of hydrogen-bond acceptors (Lipinski definition) is 2. The molecule has 134 valence electrons. The van der Waals surface area contributed by atoms with Crippen molar-refractivity contribution in [1.82, 2.24) is 0 Å². The van der Waals surface area contributed by atoms with Crippen molar-refractivity contribution in [2.45, 2.75) is 60.3 Å². The maximum absolute atomic E-state index is 14.2. The Kier molecular flexibility index (Phi) is 7.06. The summed E-state index contributed by atoms with van der Waals surface area (Å²) in [4.78, 5) is 24.4. The van der Waals surface area contributed by atoms with Gasteiger partial charge in [-0.2, -0.15) is 0 Å². The van der Waals surface area contributed by atoms with Crippen LogP contribution in [0.15, 0.2) is 12.1 Å².